The SMILES string of the molecule is Cc1cc(C)cc(C(=O)NCCn2cc(SCc3ccccc3)c3ccccc32)c1. The maximum Gasteiger partial charge on any atom is 0.251 e. The van der Waals surface area contributed by atoms with Crippen LogP contribution in [-0.4, -0.2) is 17.0 Å². The molecule has 3 aromatic carbocycles. The van der Waals surface area contributed by atoms with E-state index in [1.54, 1.807) is 0 Å². The lowest BCUT2D eigenvalue weighted by atomic mass is 10.1. The van der Waals surface area contributed by atoms with Crippen LogP contribution in [-0.2, 0) is 12.3 Å². The monoisotopic (exact) mass is 414 g/mol. The largest absolute Gasteiger partial charge is 0.350 e. The summed E-state index contributed by atoms with van der Waals surface area (Å²) in [6, 6.07) is 25.0. The molecule has 4 aromatic rings. The van der Waals surface area contributed by atoms with Crippen LogP contribution in [0.5, 0.6) is 0 Å². The first-order valence-corrected chi connectivity index (χ1v) is 11.2. The second-order valence-corrected chi connectivity index (χ2v) is 8.63. The number of nitrogens with zero attached hydrogens (tertiary/aromatic N) is 1. The van der Waals surface area contributed by atoms with E-state index in [0.717, 1.165) is 29.0 Å². The molecule has 1 amide bonds. The Morgan fingerprint density at radius 1 is 0.933 bits per heavy atom. The lowest BCUT2D eigenvalue weighted by Gasteiger charge is -2.09. The van der Waals surface area contributed by atoms with E-state index >= 15 is 0 Å². The lowest BCUT2D eigenvalue weighted by Crippen LogP contribution is -2.27. The Kier molecular flexibility index (Phi) is 6.24. The van der Waals surface area contributed by atoms with Crippen molar-refractivity contribution in [3.8, 4) is 0 Å². The highest BCUT2D eigenvalue weighted by Crippen LogP contribution is 2.32. The predicted molar refractivity (Wildman–Crippen MR) is 126 cm³/mol. The number of hydrogen-bond acceptors (Lipinski definition) is 2. The van der Waals surface area contributed by atoms with Crippen LogP contribution >= 0.6 is 11.8 Å². The second-order valence-electron chi connectivity index (χ2n) is 7.61. The molecule has 0 radical (unpaired) electrons. The Morgan fingerprint density at radius 2 is 1.63 bits per heavy atom. The van der Waals surface area contributed by atoms with Crippen molar-refractivity contribution in [2.45, 2.75) is 31.0 Å². The van der Waals surface area contributed by atoms with Gasteiger partial charge in [0.25, 0.3) is 5.91 Å². The Balaban J connectivity index is 1.44. The van der Waals surface area contributed by atoms with E-state index in [0.29, 0.717) is 6.54 Å². The highest BCUT2D eigenvalue weighted by atomic mass is 32.2. The molecule has 0 atom stereocenters. The zero-order valence-corrected chi connectivity index (χ0v) is 18.2. The topological polar surface area (TPSA) is 34.0 Å². The van der Waals surface area contributed by atoms with Crippen molar-refractivity contribution in [1.82, 2.24) is 9.88 Å². The molecule has 4 rings (SSSR count). The molecule has 0 saturated heterocycles. The molecular formula is C26H26N2OS. The number of thioether (sulfide) groups is 1. The minimum atomic E-state index is -0.0167. The number of fused-ring (bicyclic) bond motifs is 1. The van der Waals surface area contributed by atoms with Crippen molar-refractivity contribution in [2.75, 3.05) is 6.54 Å². The summed E-state index contributed by atoms with van der Waals surface area (Å²) in [5, 5.41) is 4.33. The summed E-state index contributed by atoms with van der Waals surface area (Å²) in [6.45, 7) is 5.37. The van der Waals surface area contributed by atoms with Gasteiger partial charge in [0.2, 0.25) is 0 Å². The lowest BCUT2D eigenvalue weighted by molar-refractivity contribution is 0.0952. The summed E-state index contributed by atoms with van der Waals surface area (Å²) in [5.74, 6) is 0.926. The summed E-state index contributed by atoms with van der Waals surface area (Å²) in [7, 11) is 0. The summed E-state index contributed by atoms with van der Waals surface area (Å²) in [5.41, 5.74) is 5.46. The Labute approximate surface area is 182 Å². The van der Waals surface area contributed by atoms with Crippen molar-refractivity contribution in [2.24, 2.45) is 0 Å². The zero-order chi connectivity index (χ0) is 20.9. The van der Waals surface area contributed by atoms with E-state index in [1.165, 1.54) is 21.4 Å². The summed E-state index contributed by atoms with van der Waals surface area (Å²) in [4.78, 5) is 13.8. The van der Waals surface area contributed by atoms with Gasteiger partial charge in [-0.3, -0.25) is 4.79 Å². The summed E-state index contributed by atoms with van der Waals surface area (Å²) < 4.78 is 2.24. The van der Waals surface area contributed by atoms with Gasteiger partial charge < -0.3 is 9.88 Å². The highest BCUT2D eigenvalue weighted by Gasteiger charge is 2.10. The smallest absolute Gasteiger partial charge is 0.251 e. The molecule has 0 aliphatic heterocycles. The van der Waals surface area contributed by atoms with Gasteiger partial charge in [0.05, 0.1) is 0 Å². The first kappa shape index (κ1) is 20.3. The van der Waals surface area contributed by atoms with Gasteiger partial charge in [0.15, 0.2) is 0 Å². The van der Waals surface area contributed by atoms with Crippen molar-refractivity contribution in [3.05, 3.63) is 101 Å². The Hall–Kier alpha value is -2.98. The first-order chi connectivity index (χ1) is 14.6. The third kappa shape index (κ3) is 4.77. The Morgan fingerprint density at radius 3 is 2.40 bits per heavy atom. The summed E-state index contributed by atoms with van der Waals surface area (Å²) in [6.07, 6.45) is 2.21. The van der Waals surface area contributed by atoms with Crippen LogP contribution in [0.25, 0.3) is 10.9 Å². The van der Waals surface area contributed by atoms with Crippen LogP contribution < -0.4 is 5.32 Å². The summed E-state index contributed by atoms with van der Waals surface area (Å²) >= 11 is 1.86. The number of carbonyl (C=O) groups is 1. The van der Waals surface area contributed by atoms with Crippen molar-refractivity contribution in [1.29, 1.82) is 0 Å². The minimum Gasteiger partial charge on any atom is -0.350 e. The van der Waals surface area contributed by atoms with Gasteiger partial charge in [0, 0.05) is 46.4 Å². The van der Waals surface area contributed by atoms with E-state index in [2.05, 4.69) is 70.7 Å². The van der Waals surface area contributed by atoms with Crippen LogP contribution in [0.4, 0.5) is 0 Å². The molecule has 30 heavy (non-hydrogen) atoms. The fraction of sp³-hybridized carbons (Fsp3) is 0.192. The third-order valence-electron chi connectivity index (χ3n) is 5.11. The molecule has 0 aliphatic carbocycles. The molecule has 0 bridgehead atoms. The number of hydrogen-bond donors (Lipinski definition) is 1. The van der Waals surface area contributed by atoms with Crippen LogP contribution in [0.3, 0.4) is 0 Å². The molecule has 1 N–H and O–H groups in total. The van der Waals surface area contributed by atoms with Crippen LogP contribution in [0, 0.1) is 13.8 Å². The quantitative estimate of drug-likeness (QED) is 0.377. The van der Waals surface area contributed by atoms with Crippen molar-refractivity contribution >= 4 is 28.6 Å². The highest BCUT2D eigenvalue weighted by molar-refractivity contribution is 7.98. The van der Waals surface area contributed by atoms with Crippen LogP contribution in [0.2, 0.25) is 0 Å². The average Bonchev–Trinajstić information content (AvgIpc) is 3.10. The number of rotatable bonds is 7. The number of benzene rings is 3. The van der Waals surface area contributed by atoms with Crippen molar-refractivity contribution < 1.29 is 4.79 Å². The standard InChI is InChI=1S/C26H26N2OS/c1-19-14-20(2)16-22(15-19)26(29)27-12-13-28-17-25(23-10-6-7-11-24(23)28)30-18-21-8-4-3-5-9-21/h3-11,14-17H,12-13,18H2,1-2H3,(H,27,29). The van der Waals surface area contributed by atoms with E-state index in [-0.39, 0.29) is 5.91 Å². The number of aromatic nitrogens is 1. The fourth-order valence-corrected chi connectivity index (χ4v) is 4.79. The van der Waals surface area contributed by atoms with Gasteiger partial charge in [-0.05, 0) is 37.6 Å². The molecule has 1 aromatic heterocycles. The first-order valence-electron chi connectivity index (χ1n) is 10.2. The maximum absolute atomic E-state index is 12.5. The minimum absolute atomic E-state index is 0.0167. The molecule has 1 heterocycles. The van der Waals surface area contributed by atoms with Gasteiger partial charge in [-0.25, -0.2) is 0 Å². The van der Waals surface area contributed by atoms with Gasteiger partial charge in [-0.1, -0.05) is 65.7 Å². The molecule has 0 aliphatic rings. The molecule has 152 valence electrons. The number of carbonyl (C=O) groups excluding carboxylic acids is 1. The van der Waals surface area contributed by atoms with E-state index in [4.69, 9.17) is 0 Å². The Bertz CT molecular complexity index is 1140. The van der Waals surface area contributed by atoms with E-state index in [1.807, 2.05) is 43.8 Å². The van der Waals surface area contributed by atoms with Crippen molar-refractivity contribution in [3.63, 3.8) is 0 Å². The molecule has 4 heteroatoms. The second kappa shape index (κ2) is 9.23. The third-order valence-corrected chi connectivity index (χ3v) is 6.23. The van der Waals surface area contributed by atoms with Crippen LogP contribution in [0.1, 0.15) is 27.0 Å². The fourth-order valence-electron chi connectivity index (χ4n) is 3.75. The van der Waals surface area contributed by atoms with Gasteiger partial charge in [0.1, 0.15) is 0 Å². The molecule has 3 nitrogen and oxygen atoms in total. The van der Waals surface area contributed by atoms with Gasteiger partial charge in [-0.2, -0.15) is 0 Å². The normalized spacial score (nSPS) is 11.0. The van der Waals surface area contributed by atoms with E-state index < -0.39 is 0 Å². The van der Waals surface area contributed by atoms with Crippen LogP contribution in [0.15, 0.2) is 83.9 Å². The van der Waals surface area contributed by atoms with Gasteiger partial charge in [-0.15, -0.1) is 11.8 Å². The predicted octanol–water partition coefficient (Wildman–Crippen LogP) is 5.98. The van der Waals surface area contributed by atoms with E-state index in [9.17, 15) is 4.79 Å². The molecule has 0 spiro atoms. The van der Waals surface area contributed by atoms with Gasteiger partial charge >= 0.3 is 0 Å². The molecule has 0 saturated carbocycles. The maximum atomic E-state index is 12.5. The molecular weight excluding hydrogens is 388 g/mol. The molecule has 0 unspecified atom stereocenters. The number of nitrogens with one attached hydrogen (secondary N) is 1. The average molecular weight is 415 g/mol. The number of amides is 1. The number of aryl methyl sites for hydroxylation is 2. The zero-order valence-electron chi connectivity index (χ0n) is 17.4. The number of para-hydroxylation sites is 1. The molecule has 0 fully saturated rings.